The first-order chi connectivity index (χ1) is 8.93. The van der Waals surface area contributed by atoms with Crippen molar-refractivity contribution >= 4 is 0 Å². The third-order valence-corrected chi connectivity index (χ3v) is 4.66. The van der Waals surface area contributed by atoms with Gasteiger partial charge in [0.1, 0.15) is 0 Å². The summed E-state index contributed by atoms with van der Waals surface area (Å²) in [4.78, 5) is 2.54. The Morgan fingerprint density at radius 1 is 1.16 bits per heavy atom. The number of rotatable bonds is 7. The first-order valence-electron chi connectivity index (χ1n) is 8.35. The van der Waals surface area contributed by atoms with Crippen LogP contribution in [-0.2, 0) is 0 Å². The van der Waals surface area contributed by atoms with Gasteiger partial charge in [-0.1, -0.05) is 34.6 Å². The second kappa shape index (κ2) is 8.26. The van der Waals surface area contributed by atoms with Gasteiger partial charge < -0.3 is 10.2 Å². The van der Waals surface area contributed by atoms with E-state index in [1.54, 1.807) is 0 Å². The molecule has 1 aliphatic rings. The summed E-state index contributed by atoms with van der Waals surface area (Å²) >= 11 is 0. The Balaban J connectivity index is 2.55. The maximum atomic E-state index is 3.73. The second-order valence-electron chi connectivity index (χ2n) is 7.36. The summed E-state index contributed by atoms with van der Waals surface area (Å²) in [5, 5.41) is 3.73. The number of nitrogens with zero attached hydrogens (tertiary/aromatic N) is 1. The Kier molecular flexibility index (Phi) is 7.38. The van der Waals surface area contributed by atoms with Crippen LogP contribution in [-0.4, -0.2) is 37.6 Å². The highest BCUT2D eigenvalue weighted by molar-refractivity contribution is 4.87. The highest BCUT2D eigenvalue weighted by atomic mass is 15.1. The lowest BCUT2D eigenvalue weighted by Gasteiger charge is -2.40. The maximum Gasteiger partial charge on any atom is 0.0108 e. The molecule has 1 saturated carbocycles. The summed E-state index contributed by atoms with van der Waals surface area (Å²) in [5.41, 5.74) is 0. The molecule has 2 heteroatoms. The van der Waals surface area contributed by atoms with Crippen molar-refractivity contribution in [3.05, 3.63) is 0 Å². The first kappa shape index (κ1) is 17.0. The molecule has 1 N–H and O–H groups in total. The molecule has 0 amide bonds. The van der Waals surface area contributed by atoms with Crippen molar-refractivity contribution in [2.75, 3.05) is 26.7 Å². The van der Waals surface area contributed by atoms with Crippen LogP contribution in [0.2, 0.25) is 0 Å². The monoisotopic (exact) mass is 268 g/mol. The van der Waals surface area contributed by atoms with E-state index in [1.807, 2.05) is 0 Å². The largest absolute Gasteiger partial charge is 0.314 e. The van der Waals surface area contributed by atoms with Gasteiger partial charge in [0.25, 0.3) is 0 Å². The van der Waals surface area contributed by atoms with Gasteiger partial charge in [-0.2, -0.15) is 0 Å². The molecule has 2 nitrogen and oxygen atoms in total. The van der Waals surface area contributed by atoms with Crippen molar-refractivity contribution in [3.63, 3.8) is 0 Å². The van der Waals surface area contributed by atoms with Gasteiger partial charge in [-0.15, -0.1) is 0 Å². The normalized spacial score (nSPS) is 28.6. The Labute approximate surface area is 121 Å². The third kappa shape index (κ3) is 5.83. The van der Waals surface area contributed by atoms with Crippen molar-refractivity contribution < 1.29 is 0 Å². The van der Waals surface area contributed by atoms with Crippen LogP contribution >= 0.6 is 0 Å². The molecule has 0 aromatic heterocycles. The zero-order valence-corrected chi connectivity index (χ0v) is 14.1. The summed E-state index contributed by atoms with van der Waals surface area (Å²) in [6, 6.07) is 0.745. The lowest BCUT2D eigenvalue weighted by molar-refractivity contribution is 0.128. The number of hydrogen-bond donors (Lipinski definition) is 1. The van der Waals surface area contributed by atoms with E-state index in [0.29, 0.717) is 0 Å². The molecule has 19 heavy (non-hydrogen) atoms. The lowest BCUT2D eigenvalue weighted by Crippen LogP contribution is -2.46. The Hall–Kier alpha value is -0.0800. The second-order valence-corrected chi connectivity index (χ2v) is 7.36. The molecule has 3 atom stereocenters. The standard InChI is InChI=1S/C17H36N2/c1-7-18-17-9-8-15(14(4)5)10-16(17)12-19(6)11-13(2)3/h13-18H,7-12H2,1-6H3. The lowest BCUT2D eigenvalue weighted by atomic mass is 9.73. The fraction of sp³-hybridized carbons (Fsp3) is 1.00. The molecule has 0 aromatic rings. The summed E-state index contributed by atoms with van der Waals surface area (Å²) < 4.78 is 0. The van der Waals surface area contributed by atoms with Crippen molar-refractivity contribution in [1.29, 1.82) is 0 Å². The molecule has 0 spiro atoms. The topological polar surface area (TPSA) is 15.3 Å². The Morgan fingerprint density at radius 3 is 2.37 bits per heavy atom. The molecule has 3 unspecified atom stereocenters. The minimum atomic E-state index is 0.745. The van der Waals surface area contributed by atoms with Gasteiger partial charge >= 0.3 is 0 Å². The van der Waals surface area contributed by atoms with Gasteiger partial charge in [-0.25, -0.2) is 0 Å². The SMILES string of the molecule is CCNC1CCC(C(C)C)CC1CN(C)CC(C)C. The van der Waals surface area contributed by atoms with Crippen LogP contribution in [0.3, 0.4) is 0 Å². The molecule has 1 rings (SSSR count). The first-order valence-corrected chi connectivity index (χ1v) is 8.35. The van der Waals surface area contributed by atoms with Gasteiger partial charge in [0, 0.05) is 19.1 Å². The van der Waals surface area contributed by atoms with Crippen LogP contribution in [0.4, 0.5) is 0 Å². The van der Waals surface area contributed by atoms with E-state index in [4.69, 9.17) is 0 Å². The maximum absolute atomic E-state index is 3.73. The predicted octanol–water partition coefficient (Wildman–Crippen LogP) is 3.62. The van der Waals surface area contributed by atoms with Crippen molar-refractivity contribution in [2.24, 2.45) is 23.7 Å². The minimum absolute atomic E-state index is 0.745. The van der Waals surface area contributed by atoms with Gasteiger partial charge in [-0.05, 0) is 56.5 Å². The zero-order chi connectivity index (χ0) is 14.4. The van der Waals surface area contributed by atoms with Crippen molar-refractivity contribution in [1.82, 2.24) is 10.2 Å². The Bertz CT molecular complexity index is 237. The summed E-state index contributed by atoms with van der Waals surface area (Å²) in [6.45, 7) is 15.3. The molecule has 0 radical (unpaired) electrons. The molecular weight excluding hydrogens is 232 g/mol. The van der Waals surface area contributed by atoms with E-state index in [-0.39, 0.29) is 0 Å². The molecular formula is C17H36N2. The van der Waals surface area contributed by atoms with Crippen LogP contribution in [0.25, 0.3) is 0 Å². The number of hydrogen-bond acceptors (Lipinski definition) is 2. The van der Waals surface area contributed by atoms with Crippen LogP contribution in [0.15, 0.2) is 0 Å². The highest BCUT2D eigenvalue weighted by Gasteiger charge is 2.31. The molecule has 114 valence electrons. The Morgan fingerprint density at radius 2 is 1.84 bits per heavy atom. The minimum Gasteiger partial charge on any atom is -0.314 e. The van der Waals surface area contributed by atoms with E-state index in [1.165, 1.54) is 32.4 Å². The van der Waals surface area contributed by atoms with Gasteiger partial charge in [0.05, 0.1) is 0 Å². The molecule has 0 aromatic carbocycles. The van der Waals surface area contributed by atoms with Gasteiger partial charge in [0.15, 0.2) is 0 Å². The predicted molar refractivity (Wildman–Crippen MR) is 85.5 cm³/mol. The van der Waals surface area contributed by atoms with E-state index in [9.17, 15) is 0 Å². The average Bonchev–Trinajstić information content (AvgIpc) is 2.30. The summed E-state index contributed by atoms with van der Waals surface area (Å²) in [6.07, 6.45) is 4.20. The van der Waals surface area contributed by atoms with E-state index in [2.05, 4.69) is 51.9 Å². The molecule has 1 fully saturated rings. The molecule has 0 aliphatic heterocycles. The van der Waals surface area contributed by atoms with Crippen molar-refractivity contribution in [3.8, 4) is 0 Å². The fourth-order valence-electron chi connectivity index (χ4n) is 3.74. The third-order valence-electron chi connectivity index (χ3n) is 4.66. The smallest absolute Gasteiger partial charge is 0.0108 e. The molecule has 0 heterocycles. The molecule has 0 saturated heterocycles. The van der Waals surface area contributed by atoms with Crippen LogP contribution < -0.4 is 5.32 Å². The highest BCUT2D eigenvalue weighted by Crippen LogP contribution is 2.34. The number of nitrogens with one attached hydrogen (secondary N) is 1. The van der Waals surface area contributed by atoms with E-state index in [0.717, 1.165) is 36.3 Å². The average molecular weight is 268 g/mol. The molecule has 1 aliphatic carbocycles. The van der Waals surface area contributed by atoms with Gasteiger partial charge in [-0.3, -0.25) is 0 Å². The van der Waals surface area contributed by atoms with E-state index >= 15 is 0 Å². The van der Waals surface area contributed by atoms with E-state index < -0.39 is 0 Å². The van der Waals surface area contributed by atoms with Crippen LogP contribution in [0.1, 0.15) is 53.9 Å². The summed E-state index contributed by atoms with van der Waals surface area (Å²) in [5.74, 6) is 3.39. The van der Waals surface area contributed by atoms with Crippen LogP contribution in [0.5, 0.6) is 0 Å². The molecule has 0 bridgehead atoms. The summed E-state index contributed by atoms with van der Waals surface area (Å²) in [7, 11) is 2.29. The van der Waals surface area contributed by atoms with Gasteiger partial charge in [0.2, 0.25) is 0 Å². The van der Waals surface area contributed by atoms with Crippen molar-refractivity contribution in [2.45, 2.75) is 59.9 Å². The van der Waals surface area contributed by atoms with Crippen LogP contribution in [0, 0.1) is 23.7 Å². The zero-order valence-electron chi connectivity index (χ0n) is 14.1. The quantitative estimate of drug-likeness (QED) is 0.758. The fourth-order valence-corrected chi connectivity index (χ4v) is 3.74.